The zero-order valence-electron chi connectivity index (χ0n) is 6.83. The van der Waals surface area contributed by atoms with Crippen molar-refractivity contribution in [2.45, 2.75) is 24.4 Å². The molecule has 0 aromatic rings. The molecular weight excluding hydrogens is 155 g/mol. The SMILES string of the molecule is NC1C=C(F)C=CC1(N)C1CC1. The second-order valence-electron chi connectivity index (χ2n) is 3.68. The highest BCUT2D eigenvalue weighted by molar-refractivity contribution is 5.32. The minimum absolute atomic E-state index is 0.274. The van der Waals surface area contributed by atoms with Crippen LogP contribution in [0.25, 0.3) is 0 Å². The maximum atomic E-state index is 12.7. The van der Waals surface area contributed by atoms with Crippen LogP contribution in [0.15, 0.2) is 24.1 Å². The van der Waals surface area contributed by atoms with E-state index >= 15 is 0 Å². The van der Waals surface area contributed by atoms with Crippen molar-refractivity contribution in [2.24, 2.45) is 17.4 Å². The van der Waals surface area contributed by atoms with Gasteiger partial charge >= 0.3 is 0 Å². The minimum atomic E-state index is -0.490. The highest BCUT2D eigenvalue weighted by Gasteiger charge is 2.45. The van der Waals surface area contributed by atoms with Crippen molar-refractivity contribution in [1.29, 1.82) is 0 Å². The van der Waals surface area contributed by atoms with Crippen LogP contribution in [0.1, 0.15) is 12.8 Å². The maximum Gasteiger partial charge on any atom is 0.120 e. The lowest BCUT2D eigenvalue weighted by atomic mass is 9.83. The Morgan fingerprint density at radius 3 is 2.67 bits per heavy atom. The van der Waals surface area contributed by atoms with E-state index in [0.29, 0.717) is 5.92 Å². The molecule has 0 radical (unpaired) electrons. The number of hydrogen-bond acceptors (Lipinski definition) is 2. The summed E-state index contributed by atoms with van der Waals surface area (Å²) in [5, 5.41) is 0. The molecule has 66 valence electrons. The van der Waals surface area contributed by atoms with Crippen molar-refractivity contribution < 1.29 is 4.39 Å². The molecule has 1 saturated carbocycles. The Kier molecular flexibility index (Phi) is 1.59. The topological polar surface area (TPSA) is 52.0 Å². The maximum absolute atomic E-state index is 12.7. The monoisotopic (exact) mass is 168 g/mol. The number of allylic oxidation sites excluding steroid dienone is 2. The molecule has 2 atom stereocenters. The fourth-order valence-electron chi connectivity index (χ4n) is 1.70. The van der Waals surface area contributed by atoms with E-state index in [1.54, 1.807) is 6.08 Å². The average molecular weight is 168 g/mol. The van der Waals surface area contributed by atoms with E-state index in [9.17, 15) is 4.39 Å². The largest absolute Gasteiger partial charge is 0.323 e. The highest BCUT2D eigenvalue weighted by Crippen LogP contribution is 2.42. The molecule has 0 heterocycles. The predicted molar refractivity (Wildman–Crippen MR) is 45.9 cm³/mol. The molecule has 2 aliphatic rings. The molecule has 0 aliphatic heterocycles. The summed E-state index contributed by atoms with van der Waals surface area (Å²) in [4.78, 5) is 0. The summed E-state index contributed by atoms with van der Waals surface area (Å²) in [5.41, 5.74) is 11.3. The lowest BCUT2D eigenvalue weighted by Gasteiger charge is -2.32. The lowest BCUT2D eigenvalue weighted by molar-refractivity contribution is 0.405. The van der Waals surface area contributed by atoms with Gasteiger partial charge < -0.3 is 11.5 Å². The molecule has 12 heavy (non-hydrogen) atoms. The Balaban J connectivity index is 2.23. The van der Waals surface area contributed by atoms with Gasteiger partial charge in [0.2, 0.25) is 0 Å². The Hall–Kier alpha value is -0.670. The molecule has 2 unspecified atom stereocenters. The third kappa shape index (κ3) is 1.09. The van der Waals surface area contributed by atoms with Crippen LogP contribution in [0.2, 0.25) is 0 Å². The summed E-state index contributed by atoms with van der Waals surface area (Å²) >= 11 is 0. The molecule has 0 saturated heterocycles. The van der Waals surface area contributed by atoms with Gasteiger partial charge in [0.15, 0.2) is 0 Å². The molecular formula is C9H13FN2. The van der Waals surface area contributed by atoms with Crippen molar-refractivity contribution in [3.63, 3.8) is 0 Å². The van der Waals surface area contributed by atoms with Crippen LogP contribution < -0.4 is 11.5 Å². The first-order chi connectivity index (χ1) is 5.63. The summed E-state index contributed by atoms with van der Waals surface area (Å²) in [6, 6.07) is -0.366. The van der Waals surface area contributed by atoms with Gasteiger partial charge in [-0.05, 0) is 30.9 Å². The van der Waals surface area contributed by atoms with Gasteiger partial charge in [0.1, 0.15) is 5.83 Å². The molecule has 2 nitrogen and oxygen atoms in total. The zero-order valence-corrected chi connectivity index (χ0v) is 6.83. The summed E-state index contributed by atoms with van der Waals surface area (Å²) < 4.78 is 12.7. The molecule has 1 fully saturated rings. The molecule has 0 amide bonds. The minimum Gasteiger partial charge on any atom is -0.323 e. The average Bonchev–Trinajstić information content (AvgIpc) is 2.80. The number of rotatable bonds is 1. The predicted octanol–water partition coefficient (Wildman–Crippen LogP) is 0.844. The Morgan fingerprint density at radius 2 is 2.17 bits per heavy atom. The van der Waals surface area contributed by atoms with Gasteiger partial charge in [-0.2, -0.15) is 0 Å². The van der Waals surface area contributed by atoms with Crippen molar-refractivity contribution in [3.8, 4) is 0 Å². The molecule has 0 bridgehead atoms. The van der Waals surface area contributed by atoms with E-state index in [2.05, 4.69) is 0 Å². The second-order valence-corrected chi connectivity index (χ2v) is 3.68. The van der Waals surface area contributed by atoms with Crippen LogP contribution in [-0.2, 0) is 0 Å². The third-order valence-corrected chi connectivity index (χ3v) is 2.73. The first-order valence-corrected chi connectivity index (χ1v) is 4.24. The van der Waals surface area contributed by atoms with E-state index in [-0.39, 0.29) is 11.9 Å². The molecule has 0 spiro atoms. The van der Waals surface area contributed by atoms with Crippen LogP contribution in [0.4, 0.5) is 4.39 Å². The second kappa shape index (κ2) is 2.41. The quantitative estimate of drug-likeness (QED) is 0.609. The van der Waals surface area contributed by atoms with Gasteiger partial charge in [-0.25, -0.2) is 4.39 Å². The van der Waals surface area contributed by atoms with E-state index in [1.165, 1.54) is 12.2 Å². The summed E-state index contributed by atoms with van der Waals surface area (Å²) in [5.74, 6) is 0.178. The highest BCUT2D eigenvalue weighted by atomic mass is 19.1. The molecule has 2 rings (SSSR count). The van der Waals surface area contributed by atoms with Gasteiger partial charge in [-0.15, -0.1) is 0 Å². The fourth-order valence-corrected chi connectivity index (χ4v) is 1.70. The number of halogens is 1. The first kappa shape index (κ1) is 7.95. The molecule has 0 aromatic heterocycles. The molecule has 3 heteroatoms. The summed E-state index contributed by atoms with van der Waals surface area (Å²) in [7, 11) is 0. The van der Waals surface area contributed by atoms with Crippen LogP contribution in [0, 0.1) is 5.92 Å². The van der Waals surface area contributed by atoms with E-state index in [1.807, 2.05) is 0 Å². The van der Waals surface area contributed by atoms with Gasteiger partial charge in [0, 0.05) is 6.04 Å². The lowest BCUT2D eigenvalue weighted by Crippen LogP contribution is -2.55. The smallest absolute Gasteiger partial charge is 0.120 e. The standard InChI is InChI=1S/C9H13FN2/c10-7-3-4-9(12,6-1-2-6)8(11)5-7/h3-6,8H,1-2,11-12H2. The Labute approximate surface area is 71.1 Å². The first-order valence-electron chi connectivity index (χ1n) is 4.24. The summed E-state index contributed by atoms with van der Waals surface area (Å²) in [6.07, 6.45) is 6.76. The van der Waals surface area contributed by atoms with E-state index in [4.69, 9.17) is 11.5 Å². The van der Waals surface area contributed by atoms with E-state index < -0.39 is 5.54 Å². The zero-order chi connectivity index (χ0) is 8.77. The van der Waals surface area contributed by atoms with Crippen LogP contribution in [0.5, 0.6) is 0 Å². The molecule has 0 aromatic carbocycles. The number of nitrogens with two attached hydrogens (primary N) is 2. The molecule has 2 aliphatic carbocycles. The van der Waals surface area contributed by atoms with Gasteiger partial charge in [-0.3, -0.25) is 0 Å². The van der Waals surface area contributed by atoms with Crippen LogP contribution >= 0.6 is 0 Å². The van der Waals surface area contributed by atoms with Crippen molar-refractivity contribution in [1.82, 2.24) is 0 Å². The number of hydrogen-bond donors (Lipinski definition) is 2. The van der Waals surface area contributed by atoms with Crippen LogP contribution in [0.3, 0.4) is 0 Å². The Bertz CT molecular complexity index is 255. The van der Waals surface area contributed by atoms with Crippen molar-refractivity contribution in [3.05, 3.63) is 24.1 Å². The van der Waals surface area contributed by atoms with Gasteiger partial charge in [0.05, 0.1) is 5.54 Å². The molecule has 4 N–H and O–H groups in total. The van der Waals surface area contributed by atoms with Crippen molar-refractivity contribution in [2.75, 3.05) is 0 Å². The van der Waals surface area contributed by atoms with Gasteiger partial charge in [0.25, 0.3) is 0 Å². The summed E-state index contributed by atoms with van der Waals surface area (Å²) in [6.45, 7) is 0. The van der Waals surface area contributed by atoms with Crippen molar-refractivity contribution >= 4 is 0 Å². The van der Waals surface area contributed by atoms with Crippen LogP contribution in [-0.4, -0.2) is 11.6 Å². The Morgan fingerprint density at radius 1 is 1.50 bits per heavy atom. The van der Waals surface area contributed by atoms with Gasteiger partial charge in [-0.1, -0.05) is 6.08 Å². The normalized spacial score (nSPS) is 41.2. The fraction of sp³-hybridized carbons (Fsp3) is 0.556. The van der Waals surface area contributed by atoms with E-state index in [0.717, 1.165) is 12.8 Å². The third-order valence-electron chi connectivity index (χ3n) is 2.73.